The zero-order valence-electron chi connectivity index (χ0n) is 18.1. The molecule has 0 saturated carbocycles. The highest BCUT2D eigenvalue weighted by atomic mass is 32.2. The molecule has 0 unspecified atom stereocenters. The number of hydrogen-bond donors (Lipinski definition) is 2. The minimum atomic E-state index is -3.79. The van der Waals surface area contributed by atoms with Crippen molar-refractivity contribution < 1.29 is 18.0 Å². The van der Waals surface area contributed by atoms with Crippen LogP contribution in [0.25, 0.3) is 0 Å². The first kappa shape index (κ1) is 22.8. The summed E-state index contributed by atoms with van der Waals surface area (Å²) in [5.74, 6) is -0.416. The lowest BCUT2D eigenvalue weighted by Gasteiger charge is -2.24. The molecule has 1 fully saturated rings. The Morgan fingerprint density at radius 3 is 2.58 bits per heavy atom. The average Bonchev–Trinajstić information content (AvgIpc) is 3.23. The highest BCUT2D eigenvalue weighted by molar-refractivity contribution is 7.92. The molecule has 0 bridgehead atoms. The summed E-state index contributed by atoms with van der Waals surface area (Å²) < 4.78 is 28.1. The molecule has 2 aromatic rings. The van der Waals surface area contributed by atoms with Crippen molar-refractivity contribution in [2.75, 3.05) is 17.8 Å². The van der Waals surface area contributed by atoms with Crippen molar-refractivity contribution >= 4 is 27.5 Å². The summed E-state index contributed by atoms with van der Waals surface area (Å²) in [5, 5.41) is 2.86. The van der Waals surface area contributed by atoms with Crippen molar-refractivity contribution in [2.45, 2.75) is 51.0 Å². The minimum Gasteiger partial charge on any atom is -0.354 e. The number of nitrogens with zero attached hydrogens (tertiary/aromatic N) is 1. The lowest BCUT2D eigenvalue weighted by Crippen LogP contribution is -2.46. The molecule has 1 atom stereocenters. The number of anilines is 1. The van der Waals surface area contributed by atoms with Gasteiger partial charge in [0.25, 0.3) is 15.9 Å². The molecule has 1 aliphatic rings. The molecule has 2 aromatic carbocycles. The van der Waals surface area contributed by atoms with Crippen LogP contribution in [0.2, 0.25) is 0 Å². The molecule has 3 rings (SSSR count). The standard InChI is InChI=1S/C23H29N3O4S/c1-4-12-24-22(27)21-9-6-13-26(21)23(28)18-7-5-8-19(15-18)25-31(29,30)20-11-10-16(2)17(3)14-20/h5,7-8,10-11,14-15,21,25H,4,6,9,12-13H2,1-3H3,(H,24,27)/t21-/m0/s1. The highest BCUT2D eigenvalue weighted by Crippen LogP contribution is 2.23. The Labute approximate surface area is 183 Å². The van der Waals surface area contributed by atoms with E-state index in [1.807, 2.05) is 20.8 Å². The third-order valence-corrected chi connectivity index (χ3v) is 6.89. The molecule has 2 amide bonds. The van der Waals surface area contributed by atoms with Gasteiger partial charge in [0.15, 0.2) is 0 Å². The SMILES string of the molecule is CCCNC(=O)[C@@H]1CCCN1C(=O)c1cccc(NS(=O)(=O)c2ccc(C)c(C)c2)c1. The van der Waals surface area contributed by atoms with Crippen LogP contribution in [0.3, 0.4) is 0 Å². The summed E-state index contributed by atoms with van der Waals surface area (Å²) in [6, 6.07) is 10.8. The van der Waals surface area contributed by atoms with E-state index in [0.29, 0.717) is 30.8 Å². The third kappa shape index (κ3) is 5.25. The lowest BCUT2D eigenvalue weighted by atomic mass is 10.1. The van der Waals surface area contributed by atoms with Gasteiger partial charge in [0.1, 0.15) is 6.04 Å². The number of amides is 2. The number of carbonyl (C=O) groups excluding carboxylic acids is 2. The van der Waals surface area contributed by atoms with Gasteiger partial charge in [0.05, 0.1) is 4.90 Å². The Hall–Kier alpha value is -2.87. The van der Waals surface area contributed by atoms with Crippen LogP contribution < -0.4 is 10.0 Å². The first-order valence-electron chi connectivity index (χ1n) is 10.5. The molecule has 0 aromatic heterocycles. The fourth-order valence-corrected chi connectivity index (χ4v) is 4.76. The summed E-state index contributed by atoms with van der Waals surface area (Å²) in [7, 11) is -3.79. The molecule has 0 radical (unpaired) electrons. The topological polar surface area (TPSA) is 95.6 Å². The summed E-state index contributed by atoms with van der Waals surface area (Å²) in [6.07, 6.45) is 2.21. The van der Waals surface area contributed by atoms with Crippen LogP contribution in [0.4, 0.5) is 5.69 Å². The van der Waals surface area contributed by atoms with Crippen LogP contribution in [-0.2, 0) is 14.8 Å². The Bertz CT molecular complexity index is 1080. The van der Waals surface area contributed by atoms with Gasteiger partial charge in [-0.1, -0.05) is 19.1 Å². The molecule has 1 aliphatic heterocycles. The van der Waals surface area contributed by atoms with E-state index in [1.165, 1.54) is 6.07 Å². The van der Waals surface area contributed by atoms with Crippen molar-refractivity contribution in [1.29, 1.82) is 0 Å². The fraction of sp³-hybridized carbons (Fsp3) is 0.391. The fourth-order valence-electron chi connectivity index (χ4n) is 3.63. The molecule has 31 heavy (non-hydrogen) atoms. The molecule has 8 heteroatoms. The van der Waals surface area contributed by atoms with Crippen LogP contribution >= 0.6 is 0 Å². The van der Waals surface area contributed by atoms with E-state index in [-0.39, 0.29) is 16.7 Å². The van der Waals surface area contributed by atoms with Gasteiger partial charge < -0.3 is 10.2 Å². The molecular weight excluding hydrogens is 414 g/mol. The molecule has 1 heterocycles. The number of rotatable bonds is 7. The van der Waals surface area contributed by atoms with Gasteiger partial charge in [0.2, 0.25) is 5.91 Å². The predicted octanol–water partition coefficient (Wildman–Crippen LogP) is 3.24. The van der Waals surface area contributed by atoms with Crippen molar-refractivity contribution in [3.63, 3.8) is 0 Å². The smallest absolute Gasteiger partial charge is 0.261 e. The predicted molar refractivity (Wildman–Crippen MR) is 121 cm³/mol. The maximum absolute atomic E-state index is 13.1. The van der Waals surface area contributed by atoms with Gasteiger partial charge in [-0.05, 0) is 74.6 Å². The van der Waals surface area contributed by atoms with E-state index in [1.54, 1.807) is 41.3 Å². The lowest BCUT2D eigenvalue weighted by molar-refractivity contribution is -0.124. The van der Waals surface area contributed by atoms with E-state index >= 15 is 0 Å². The van der Waals surface area contributed by atoms with Gasteiger partial charge in [-0.2, -0.15) is 0 Å². The molecule has 166 valence electrons. The van der Waals surface area contributed by atoms with Crippen LogP contribution in [0.15, 0.2) is 47.4 Å². The van der Waals surface area contributed by atoms with E-state index in [4.69, 9.17) is 0 Å². The third-order valence-electron chi connectivity index (χ3n) is 5.52. The first-order valence-corrected chi connectivity index (χ1v) is 12.0. The Balaban J connectivity index is 1.78. The number of sulfonamides is 1. The number of nitrogens with one attached hydrogen (secondary N) is 2. The van der Waals surface area contributed by atoms with Crippen molar-refractivity contribution in [3.8, 4) is 0 Å². The number of carbonyl (C=O) groups is 2. The monoisotopic (exact) mass is 443 g/mol. The minimum absolute atomic E-state index is 0.140. The number of aryl methyl sites for hydroxylation is 2. The summed E-state index contributed by atoms with van der Waals surface area (Å²) in [4.78, 5) is 27.2. The van der Waals surface area contributed by atoms with Crippen molar-refractivity contribution in [2.24, 2.45) is 0 Å². The van der Waals surface area contributed by atoms with Crippen molar-refractivity contribution in [3.05, 3.63) is 59.2 Å². The quantitative estimate of drug-likeness (QED) is 0.687. The van der Waals surface area contributed by atoms with Gasteiger partial charge in [-0.15, -0.1) is 0 Å². The Kier molecular flexibility index (Phi) is 7.00. The second kappa shape index (κ2) is 9.51. The van der Waals surface area contributed by atoms with Crippen LogP contribution in [0, 0.1) is 13.8 Å². The maximum Gasteiger partial charge on any atom is 0.261 e. The van der Waals surface area contributed by atoms with Gasteiger partial charge in [0, 0.05) is 24.3 Å². The van der Waals surface area contributed by atoms with Gasteiger partial charge in [-0.25, -0.2) is 8.42 Å². The highest BCUT2D eigenvalue weighted by Gasteiger charge is 2.34. The maximum atomic E-state index is 13.1. The number of benzene rings is 2. The second-order valence-corrected chi connectivity index (χ2v) is 9.56. The summed E-state index contributed by atoms with van der Waals surface area (Å²) >= 11 is 0. The van der Waals surface area contributed by atoms with Crippen molar-refractivity contribution in [1.82, 2.24) is 10.2 Å². The summed E-state index contributed by atoms with van der Waals surface area (Å²) in [6.45, 7) is 6.83. The largest absolute Gasteiger partial charge is 0.354 e. The van der Waals surface area contributed by atoms with Gasteiger partial charge >= 0.3 is 0 Å². The van der Waals surface area contributed by atoms with E-state index in [9.17, 15) is 18.0 Å². The zero-order chi connectivity index (χ0) is 22.6. The molecule has 0 spiro atoms. The van der Waals surface area contributed by atoms with Gasteiger partial charge in [-0.3, -0.25) is 14.3 Å². The normalized spacial score (nSPS) is 16.2. The summed E-state index contributed by atoms with van der Waals surface area (Å²) in [5.41, 5.74) is 2.54. The Morgan fingerprint density at radius 2 is 1.87 bits per heavy atom. The molecule has 2 N–H and O–H groups in total. The first-order chi connectivity index (χ1) is 14.7. The Morgan fingerprint density at radius 1 is 1.10 bits per heavy atom. The molecule has 0 aliphatic carbocycles. The average molecular weight is 444 g/mol. The van der Waals surface area contributed by atoms with Crippen LogP contribution in [0.5, 0.6) is 0 Å². The second-order valence-electron chi connectivity index (χ2n) is 7.88. The molecule has 1 saturated heterocycles. The number of hydrogen-bond acceptors (Lipinski definition) is 4. The molecule has 7 nitrogen and oxygen atoms in total. The van der Waals surface area contributed by atoms with E-state index in [0.717, 1.165) is 24.0 Å². The molecular formula is C23H29N3O4S. The van der Waals surface area contributed by atoms with E-state index in [2.05, 4.69) is 10.0 Å². The van der Waals surface area contributed by atoms with Crippen LogP contribution in [0.1, 0.15) is 47.7 Å². The number of likely N-dealkylation sites (tertiary alicyclic amines) is 1. The van der Waals surface area contributed by atoms with E-state index < -0.39 is 16.1 Å². The zero-order valence-corrected chi connectivity index (χ0v) is 19.0. The van der Waals surface area contributed by atoms with Crippen LogP contribution in [-0.4, -0.2) is 44.3 Å².